The number of aromatic nitrogens is 2. The molecule has 1 aliphatic rings. The molecule has 0 amide bonds. The Balaban J connectivity index is 2.13. The summed E-state index contributed by atoms with van der Waals surface area (Å²) in [6.45, 7) is 4.41. The lowest BCUT2D eigenvalue weighted by molar-refractivity contribution is 0.662. The van der Waals surface area contributed by atoms with Crippen molar-refractivity contribution in [3.05, 3.63) is 12.4 Å². The fourth-order valence-corrected chi connectivity index (χ4v) is 2.11. The third kappa shape index (κ3) is 1.66. The maximum Gasteiger partial charge on any atom is 0.168 e. The second kappa shape index (κ2) is 3.13. The zero-order chi connectivity index (χ0) is 8.55. The smallest absolute Gasteiger partial charge is 0.168 e. The highest BCUT2D eigenvalue weighted by Gasteiger charge is 2.25. The van der Waals surface area contributed by atoms with Crippen molar-refractivity contribution >= 4 is 11.8 Å². The molecule has 0 atom stereocenters. The van der Waals surface area contributed by atoms with E-state index >= 15 is 0 Å². The summed E-state index contributed by atoms with van der Waals surface area (Å²) in [4.78, 5) is 4.34. The standard InChI is InChI=1S/C9H14N2S/c1-7(2)12-9-10-5-6-11(9)8-3-4-8/h5-8H,3-4H2,1-2H3. The van der Waals surface area contributed by atoms with Crippen molar-refractivity contribution < 1.29 is 0 Å². The summed E-state index contributed by atoms with van der Waals surface area (Å²) in [5, 5.41) is 1.82. The van der Waals surface area contributed by atoms with Gasteiger partial charge in [-0.25, -0.2) is 4.98 Å². The molecule has 0 aromatic carbocycles. The second-order valence-electron chi connectivity index (χ2n) is 3.51. The number of hydrogen-bond acceptors (Lipinski definition) is 2. The Hall–Kier alpha value is -0.440. The third-order valence-electron chi connectivity index (χ3n) is 1.91. The molecule has 1 aromatic heterocycles. The first-order chi connectivity index (χ1) is 5.77. The molecule has 1 aliphatic carbocycles. The van der Waals surface area contributed by atoms with Crippen molar-refractivity contribution in [3.8, 4) is 0 Å². The van der Waals surface area contributed by atoms with Crippen LogP contribution >= 0.6 is 11.8 Å². The van der Waals surface area contributed by atoms with Gasteiger partial charge in [0.05, 0.1) is 0 Å². The van der Waals surface area contributed by atoms with Gasteiger partial charge >= 0.3 is 0 Å². The molecule has 0 radical (unpaired) electrons. The number of rotatable bonds is 3. The van der Waals surface area contributed by atoms with Crippen molar-refractivity contribution in [2.45, 2.75) is 43.1 Å². The predicted octanol–water partition coefficient (Wildman–Crippen LogP) is 2.72. The topological polar surface area (TPSA) is 17.8 Å². The highest BCUT2D eigenvalue weighted by molar-refractivity contribution is 7.99. The van der Waals surface area contributed by atoms with Crippen molar-refractivity contribution in [1.29, 1.82) is 0 Å². The average Bonchev–Trinajstić information content (AvgIpc) is 2.73. The Bertz CT molecular complexity index is 263. The molecule has 3 heteroatoms. The Morgan fingerprint density at radius 3 is 2.92 bits per heavy atom. The maximum absolute atomic E-state index is 4.34. The highest BCUT2D eigenvalue weighted by Crippen LogP contribution is 2.38. The molecule has 0 saturated heterocycles. The van der Waals surface area contributed by atoms with Gasteiger partial charge in [-0.05, 0) is 12.8 Å². The molecule has 12 heavy (non-hydrogen) atoms. The lowest BCUT2D eigenvalue weighted by atomic mass is 10.6. The van der Waals surface area contributed by atoms with Crippen molar-refractivity contribution in [2.24, 2.45) is 0 Å². The van der Waals surface area contributed by atoms with Crippen LogP contribution in [-0.4, -0.2) is 14.8 Å². The summed E-state index contributed by atoms with van der Waals surface area (Å²) in [5.41, 5.74) is 0. The van der Waals surface area contributed by atoms with E-state index in [1.54, 1.807) is 0 Å². The first-order valence-corrected chi connectivity index (χ1v) is 5.35. The molecule has 0 bridgehead atoms. The van der Waals surface area contributed by atoms with Gasteiger partial charge in [-0.2, -0.15) is 0 Å². The Kier molecular flexibility index (Phi) is 2.13. The van der Waals surface area contributed by atoms with E-state index in [1.165, 1.54) is 18.0 Å². The second-order valence-corrected chi connectivity index (χ2v) is 5.06. The molecule has 1 heterocycles. The molecular formula is C9H14N2S. The van der Waals surface area contributed by atoms with E-state index in [0.29, 0.717) is 5.25 Å². The Labute approximate surface area is 77.4 Å². The highest BCUT2D eigenvalue weighted by atomic mass is 32.2. The summed E-state index contributed by atoms with van der Waals surface area (Å²) in [5.74, 6) is 0. The maximum atomic E-state index is 4.34. The molecule has 66 valence electrons. The number of imidazole rings is 1. The SMILES string of the molecule is CC(C)Sc1nccn1C1CC1. The van der Waals surface area contributed by atoms with Gasteiger partial charge in [0, 0.05) is 23.7 Å². The Morgan fingerprint density at radius 2 is 2.33 bits per heavy atom. The molecular weight excluding hydrogens is 168 g/mol. The van der Waals surface area contributed by atoms with E-state index in [0.717, 1.165) is 6.04 Å². The minimum absolute atomic E-state index is 0.630. The Morgan fingerprint density at radius 1 is 1.58 bits per heavy atom. The number of nitrogens with zero attached hydrogens (tertiary/aromatic N) is 2. The molecule has 2 nitrogen and oxygen atoms in total. The minimum atomic E-state index is 0.630. The van der Waals surface area contributed by atoms with Gasteiger partial charge in [0.15, 0.2) is 5.16 Å². The summed E-state index contributed by atoms with van der Waals surface area (Å²) < 4.78 is 2.31. The van der Waals surface area contributed by atoms with Gasteiger partial charge in [0.1, 0.15) is 0 Å². The van der Waals surface area contributed by atoms with Crippen LogP contribution in [0.2, 0.25) is 0 Å². The van der Waals surface area contributed by atoms with E-state index in [4.69, 9.17) is 0 Å². The molecule has 1 saturated carbocycles. The van der Waals surface area contributed by atoms with E-state index in [-0.39, 0.29) is 0 Å². The van der Waals surface area contributed by atoms with E-state index in [9.17, 15) is 0 Å². The summed E-state index contributed by atoms with van der Waals surface area (Å²) >= 11 is 1.85. The molecule has 0 spiro atoms. The lowest BCUT2D eigenvalue weighted by Crippen LogP contribution is -1.97. The third-order valence-corrected chi connectivity index (χ3v) is 2.91. The summed E-state index contributed by atoms with van der Waals surface area (Å²) in [6.07, 6.45) is 6.68. The molecule has 1 fully saturated rings. The van der Waals surface area contributed by atoms with Crippen molar-refractivity contribution in [2.75, 3.05) is 0 Å². The van der Waals surface area contributed by atoms with Crippen LogP contribution in [0.1, 0.15) is 32.7 Å². The summed E-state index contributed by atoms with van der Waals surface area (Å²) in [6, 6.07) is 0.758. The zero-order valence-corrected chi connectivity index (χ0v) is 8.34. The number of thioether (sulfide) groups is 1. The molecule has 2 rings (SSSR count). The van der Waals surface area contributed by atoms with Crippen LogP contribution in [-0.2, 0) is 0 Å². The van der Waals surface area contributed by atoms with Gasteiger partial charge < -0.3 is 4.57 Å². The van der Waals surface area contributed by atoms with E-state index in [2.05, 4.69) is 29.6 Å². The fraction of sp³-hybridized carbons (Fsp3) is 0.667. The first-order valence-electron chi connectivity index (χ1n) is 4.47. The predicted molar refractivity (Wildman–Crippen MR) is 51.5 cm³/mol. The summed E-state index contributed by atoms with van der Waals surface area (Å²) in [7, 11) is 0. The van der Waals surface area contributed by atoms with E-state index < -0.39 is 0 Å². The van der Waals surface area contributed by atoms with Crippen molar-refractivity contribution in [1.82, 2.24) is 9.55 Å². The van der Waals surface area contributed by atoms with Gasteiger partial charge in [-0.1, -0.05) is 25.6 Å². The van der Waals surface area contributed by atoms with E-state index in [1.807, 2.05) is 18.0 Å². The van der Waals surface area contributed by atoms with Crippen LogP contribution in [0.3, 0.4) is 0 Å². The molecule has 1 aromatic rings. The van der Waals surface area contributed by atoms with Gasteiger partial charge in [0.25, 0.3) is 0 Å². The van der Waals surface area contributed by atoms with Crippen LogP contribution in [0, 0.1) is 0 Å². The van der Waals surface area contributed by atoms with Crippen LogP contribution in [0.25, 0.3) is 0 Å². The monoisotopic (exact) mass is 182 g/mol. The average molecular weight is 182 g/mol. The van der Waals surface area contributed by atoms with Crippen LogP contribution < -0.4 is 0 Å². The largest absolute Gasteiger partial charge is 0.323 e. The van der Waals surface area contributed by atoms with Crippen LogP contribution in [0.4, 0.5) is 0 Å². The zero-order valence-electron chi connectivity index (χ0n) is 7.53. The van der Waals surface area contributed by atoms with Gasteiger partial charge in [-0.3, -0.25) is 0 Å². The van der Waals surface area contributed by atoms with Gasteiger partial charge in [-0.15, -0.1) is 0 Å². The molecule has 0 unspecified atom stereocenters. The van der Waals surface area contributed by atoms with Gasteiger partial charge in [0.2, 0.25) is 0 Å². The van der Waals surface area contributed by atoms with Crippen LogP contribution in [0.15, 0.2) is 17.6 Å². The molecule has 0 aliphatic heterocycles. The van der Waals surface area contributed by atoms with Crippen LogP contribution in [0.5, 0.6) is 0 Å². The fourth-order valence-electron chi connectivity index (χ4n) is 1.23. The minimum Gasteiger partial charge on any atom is -0.323 e. The quantitative estimate of drug-likeness (QED) is 0.669. The number of hydrogen-bond donors (Lipinski definition) is 0. The first kappa shape index (κ1) is 8.17. The lowest BCUT2D eigenvalue weighted by Gasteiger charge is -2.06. The van der Waals surface area contributed by atoms with Crippen molar-refractivity contribution in [3.63, 3.8) is 0 Å². The molecule has 0 N–H and O–H groups in total. The normalized spacial score (nSPS) is 17.2.